The van der Waals surface area contributed by atoms with Gasteiger partial charge >= 0.3 is 0 Å². The first-order chi connectivity index (χ1) is 5.71. The Bertz CT molecular complexity index is 279. The first-order valence-electron chi connectivity index (χ1n) is 3.77. The molecule has 0 saturated carbocycles. The van der Waals surface area contributed by atoms with Crippen LogP contribution in [0.25, 0.3) is 0 Å². The van der Waals surface area contributed by atoms with Crippen LogP contribution in [-0.4, -0.2) is 16.6 Å². The van der Waals surface area contributed by atoms with Crippen molar-refractivity contribution in [1.82, 2.24) is 0 Å². The molecule has 12 heavy (non-hydrogen) atoms. The molecule has 1 aromatic rings. The summed E-state index contributed by atoms with van der Waals surface area (Å²) in [5.74, 6) is 1.66. The largest absolute Gasteiger partial charge is 0.383 e. The van der Waals surface area contributed by atoms with Crippen molar-refractivity contribution < 1.29 is 5.11 Å². The maximum Gasteiger partial charge on any atom is 0.108 e. The van der Waals surface area contributed by atoms with E-state index in [0.717, 1.165) is 21.5 Å². The molecule has 0 radical (unpaired) electrons. The zero-order chi connectivity index (χ0) is 8.60. The van der Waals surface area contributed by atoms with Crippen molar-refractivity contribution in [3.05, 3.63) is 34.3 Å². The lowest BCUT2D eigenvalue weighted by Gasteiger charge is -2.36. The van der Waals surface area contributed by atoms with Crippen molar-refractivity contribution in [3.63, 3.8) is 0 Å². The molecule has 0 bridgehead atoms. The van der Waals surface area contributed by atoms with Crippen molar-refractivity contribution in [2.24, 2.45) is 0 Å². The van der Waals surface area contributed by atoms with Gasteiger partial charge in [-0.25, -0.2) is 0 Å². The maximum absolute atomic E-state index is 9.94. The van der Waals surface area contributed by atoms with Crippen molar-refractivity contribution in [2.75, 3.05) is 11.5 Å². The third-order valence-corrected chi connectivity index (χ3v) is 3.96. The Labute approximate surface area is 84.3 Å². The Morgan fingerprint density at radius 3 is 2.25 bits per heavy atom. The summed E-state index contributed by atoms with van der Waals surface area (Å²) in [5.41, 5.74) is 0.482. The average molecular weight is 245 g/mol. The van der Waals surface area contributed by atoms with E-state index in [1.54, 1.807) is 11.8 Å². The van der Waals surface area contributed by atoms with E-state index in [9.17, 15) is 5.11 Å². The summed E-state index contributed by atoms with van der Waals surface area (Å²) in [4.78, 5) is 0. The monoisotopic (exact) mass is 244 g/mol. The Morgan fingerprint density at radius 2 is 1.83 bits per heavy atom. The van der Waals surface area contributed by atoms with Gasteiger partial charge in [0.1, 0.15) is 5.60 Å². The highest BCUT2D eigenvalue weighted by atomic mass is 79.9. The van der Waals surface area contributed by atoms with E-state index in [4.69, 9.17) is 0 Å². The van der Waals surface area contributed by atoms with Crippen molar-refractivity contribution in [3.8, 4) is 0 Å². The van der Waals surface area contributed by atoms with E-state index in [1.807, 2.05) is 24.3 Å². The molecule has 2 rings (SSSR count). The van der Waals surface area contributed by atoms with Crippen LogP contribution in [0, 0.1) is 0 Å². The zero-order valence-electron chi connectivity index (χ0n) is 6.46. The fourth-order valence-corrected chi connectivity index (χ4v) is 2.41. The highest BCUT2D eigenvalue weighted by Gasteiger charge is 2.36. The summed E-state index contributed by atoms with van der Waals surface area (Å²) in [6, 6.07) is 7.89. The Hall–Kier alpha value is 0.01000. The lowest BCUT2D eigenvalue weighted by molar-refractivity contribution is 0.0769. The van der Waals surface area contributed by atoms with Crippen molar-refractivity contribution in [2.45, 2.75) is 5.60 Å². The average Bonchev–Trinajstić information content (AvgIpc) is 2.02. The van der Waals surface area contributed by atoms with Gasteiger partial charge in [0.05, 0.1) is 0 Å². The quantitative estimate of drug-likeness (QED) is 0.819. The summed E-state index contributed by atoms with van der Waals surface area (Å²) >= 11 is 5.15. The zero-order valence-corrected chi connectivity index (χ0v) is 8.86. The van der Waals surface area contributed by atoms with Gasteiger partial charge in [-0.15, -0.1) is 0 Å². The number of halogens is 1. The molecule has 1 heterocycles. The van der Waals surface area contributed by atoms with E-state index < -0.39 is 5.60 Å². The van der Waals surface area contributed by atoms with Gasteiger partial charge in [0.2, 0.25) is 0 Å². The summed E-state index contributed by atoms with van der Waals surface area (Å²) in [6.07, 6.45) is 0. The van der Waals surface area contributed by atoms with Gasteiger partial charge < -0.3 is 5.11 Å². The van der Waals surface area contributed by atoms with Crippen molar-refractivity contribution >= 4 is 27.7 Å². The fraction of sp³-hybridized carbons (Fsp3) is 0.333. The number of hydrogen-bond donors (Lipinski definition) is 1. The molecular weight excluding hydrogens is 236 g/mol. The minimum Gasteiger partial charge on any atom is -0.383 e. The Balaban J connectivity index is 2.28. The number of rotatable bonds is 1. The van der Waals surface area contributed by atoms with E-state index >= 15 is 0 Å². The van der Waals surface area contributed by atoms with Crippen molar-refractivity contribution in [1.29, 1.82) is 0 Å². The number of aliphatic hydroxyl groups is 1. The minimum atomic E-state index is -0.550. The predicted octanol–water partition coefficient (Wildman–Crippen LogP) is 2.38. The Kier molecular flexibility index (Phi) is 2.19. The lowest BCUT2D eigenvalue weighted by Crippen LogP contribution is -2.39. The molecule has 64 valence electrons. The molecular formula is C9H9BrOS. The number of thioether (sulfide) groups is 1. The predicted molar refractivity (Wildman–Crippen MR) is 55.4 cm³/mol. The van der Waals surface area contributed by atoms with E-state index in [1.165, 1.54) is 0 Å². The molecule has 1 aromatic carbocycles. The second kappa shape index (κ2) is 3.05. The minimum absolute atomic E-state index is 0.550. The van der Waals surface area contributed by atoms with Gasteiger partial charge in [0, 0.05) is 16.0 Å². The van der Waals surface area contributed by atoms with Crippen LogP contribution < -0.4 is 0 Å². The van der Waals surface area contributed by atoms with Crippen LogP contribution in [-0.2, 0) is 5.60 Å². The first kappa shape index (κ1) is 8.60. The molecule has 0 aromatic heterocycles. The number of hydrogen-bond acceptors (Lipinski definition) is 2. The molecule has 1 nitrogen and oxygen atoms in total. The lowest BCUT2D eigenvalue weighted by atomic mass is 9.97. The molecule has 0 unspecified atom stereocenters. The topological polar surface area (TPSA) is 20.2 Å². The summed E-state index contributed by atoms with van der Waals surface area (Å²) in [7, 11) is 0. The van der Waals surface area contributed by atoms with Gasteiger partial charge in [-0.3, -0.25) is 0 Å². The van der Waals surface area contributed by atoms with Crippen LogP contribution >= 0.6 is 27.7 Å². The van der Waals surface area contributed by atoms with E-state index in [-0.39, 0.29) is 0 Å². The summed E-state index contributed by atoms with van der Waals surface area (Å²) < 4.78 is 1.06. The molecule has 1 aliphatic rings. The third-order valence-electron chi connectivity index (χ3n) is 2.06. The molecule has 0 amide bonds. The molecule has 0 spiro atoms. The van der Waals surface area contributed by atoms with Gasteiger partial charge in [-0.05, 0) is 17.7 Å². The van der Waals surface area contributed by atoms with Crippen LogP contribution in [0.15, 0.2) is 28.7 Å². The third kappa shape index (κ3) is 1.41. The molecule has 0 aliphatic carbocycles. The number of benzene rings is 1. The molecule has 1 aliphatic heterocycles. The maximum atomic E-state index is 9.94. The fourth-order valence-electron chi connectivity index (χ4n) is 1.22. The smallest absolute Gasteiger partial charge is 0.108 e. The second-order valence-electron chi connectivity index (χ2n) is 3.03. The standard InChI is InChI=1S/C9H9BrOS/c10-8-3-1-7(2-4-8)9(11)5-12-6-9/h1-4,11H,5-6H2. The van der Waals surface area contributed by atoms with Crippen LogP contribution in [0.5, 0.6) is 0 Å². The van der Waals surface area contributed by atoms with E-state index in [0.29, 0.717) is 0 Å². The second-order valence-corrected chi connectivity index (χ2v) is 4.93. The van der Waals surface area contributed by atoms with Crippen LogP contribution in [0.2, 0.25) is 0 Å². The molecule has 3 heteroatoms. The highest BCUT2D eigenvalue weighted by Crippen LogP contribution is 2.38. The van der Waals surface area contributed by atoms with Gasteiger partial charge in [0.15, 0.2) is 0 Å². The SMILES string of the molecule is OC1(c2ccc(Br)cc2)CSC1. The molecule has 0 atom stereocenters. The molecule has 1 N–H and O–H groups in total. The van der Waals surface area contributed by atoms with Crippen LogP contribution in [0.4, 0.5) is 0 Å². The summed E-state index contributed by atoms with van der Waals surface area (Å²) in [5, 5.41) is 9.94. The first-order valence-corrected chi connectivity index (χ1v) is 5.72. The summed E-state index contributed by atoms with van der Waals surface area (Å²) in [6.45, 7) is 0. The van der Waals surface area contributed by atoms with Gasteiger partial charge in [-0.1, -0.05) is 28.1 Å². The van der Waals surface area contributed by atoms with Crippen LogP contribution in [0.3, 0.4) is 0 Å². The Morgan fingerprint density at radius 1 is 1.25 bits per heavy atom. The van der Waals surface area contributed by atoms with Crippen LogP contribution in [0.1, 0.15) is 5.56 Å². The van der Waals surface area contributed by atoms with E-state index in [2.05, 4.69) is 15.9 Å². The molecule has 1 saturated heterocycles. The van der Waals surface area contributed by atoms with Gasteiger partial charge in [-0.2, -0.15) is 11.8 Å². The normalized spacial score (nSPS) is 20.2. The van der Waals surface area contributed by atoms with Gasteiger partial charge in [0.25, 0.3) is 0 Å². The molecule has 1 fully saturated rings. The highest BCUT2D eigenvalue weighted by molar-refractivity contribution is 9.10.